The molecule has 1 atom stereocenters. The van der Waals surface area contributed by atoms with Crippen molar-refractivity contribution in [2.24, 2.45) is 0 Å². The third-order valence-corrected chi connectivity index (χ3v) is 9.74. The van der Waals surface area contributed by atoms with Crippen LogP contribution in [0.2, 0.25) is 0 Å². The number of benzene rings is 3. The summed E-state index contributed by atoms with van der Waals surface area (Å²) in [6, 6.07) is 17.4. The molecule has 6 rings (SSSR count). The van der Waals surface area contributed by atoms with E-state index in [1.807, 2.05) is 0 Å². The summed E-state index contributed by atoms with van der Waals surface area (Å²) in [5, 5.41) is 19.5. The van der Waals surface area contributed by atoms with Crippen LogP contribution in [-0.4, -0.2) is 74.5 Å². The molecule has 0 bridgehead atoms. The highest BCUT2D eigenvalue weighted by Gasteiger charge is 2.40. The van der Waals surface area contributed by atoms with Crippen molar-refractivity contribution in [1.82, 2.24) is 24.2 Å². The van der Waals surface area contributed by atoms with Gasteiger partial charge in [-0.1, -0.05) is 61.0 Å². The molecule has 0 amide bonds. The summed E-state index contributed by atoms with van der Waals surface area (Å²) in [6.07, 6.45) is 4.18. The molecular formula is C33H32F2N7O5S-. The number of fused-ring (bicyclic) bond motifs is 1. The topological polar surface area (TPSA) is 174 Å². The average molecular weight is 677 g/mol. The van der Waals surface area contributed by atoms with E-state index >= 15 is 0 Å². The molecule has 48 heavy (non-hydrogen) atoms. The van der Waals surface area contributed by atoms with Crippen LogP contribution < -0.4 is 4.90 Å². The largest absolute Gasteiger partial charge is 0.674 e. The van der Waals surface area contributed by atoms with Crippen LogP contribution in [-0.2, 0) is 27.3 Å². The molecule has 0 aliphatic carbocycles. The number of rotatable bonds is 8. The number of nitrogens with one attached hydrogen (secondary N) is 1. The molecule has 3 aromatic carbocycles. The van der Waals surface area contributed by atoms with E-state index in [9.17, 15) is 32.2 Å². The number of aromatic nitrogens is 4. The van der Waals surface area contributed by atoms with Gasteiger partial charge in [-0.15, -0.1) is 6.54 Å². The van der Waals surface area contributed by atoms with E-state index in [4.69, 9.17) is 5.73 Å². The third kappa shape index (κ3) is 7.54. The lowest BCUT2D eigenvalue weighted by Crippen LogP contribution is -2.58. The average Bonchev–Trinajstić information content (AvgIpc) is 3.11. The Morgan fingerprint density at radius 3 is 2.38 bits per heavy atom. The van der Waals surface area contributed by atoms with Gasteiger partial charge in [0, 0.05) is 31.6 Å². The van der Waals surface area contributed by atoms with Gasteiger partial charge in [0.05, 0.1) is 17.3 Å². The van der Waals surface area contributed by atoms with E-state index in [2.05, 4.69) is 19.9 Å². The van der Waals surface area contributed by atoms with Gasteiger partial charge in [0.1, 0.15) is 29.5 Å². The first-order valence-electron chi connectivity index (χ1n) is 14.9. The molecule has 3 N–H and O–H groups in total. The summed E-state index contributed by atoms with van der Waals surface area (Å²) in [5.41, 5.74) is 10.1. The van der Waals surface area contributed by atoms with Gasteiger partial charge < -0.3 is 20.8 Å². The van der Waals surface area contributed by atoms with Gasteiger partial charge in [-0.05, 0) is 35.4 Å². The van der Waals surface area contributed by atoms with E-state index in [0.717, 1.165) is 21.0 Å². The van der Waals surface area contributed by atoms with Crippen molar-refractivity contribution in [3.05, 3.63) is 108 Å². The summed E-state index contributed by atoms with van der Waals surface area (Å²) in [5.74, 6) is -3.48. The highest BCUT2D eigenvalue weighted by Crippen LogP contribution is 2.31. The Hall–Kier alpha value is -5.12. The van der Waals surface area contributed by atoms with Crippen LogP contribution in [0.5, 0.6) is 5.75 Å². The smallest absolute Gasteiger partial charge is 0.323 e. The molecule has 1 saturated heterocycles. The zero-order valence-electron chi connectivity index (χ0n) is 25.7. The van der Waals surface area contributed by atoms with Gasteiger partial charge >= 0.3 is 5.97 Å². The molecule has 1 aliphatic heterocycles. The Balaban J connectivity index is 0.000000292. The number of aliphatic carboxylic acids is 1. The third-order valence-electron chi connectivity index (χ3n) is 7.82. The van der Waals surface area contributed by atoms with Crippen LogP contribution in [0, 0.1) is 0 Å². The summed E-state index contributed by atoms with van der Waals surface area (Å²) >= 11 is 0. The second-order valence-corrected chi connectivity index (χ2v) is 12.8. The number of phenols is 1. The van der Waals surface area contributed by atoms with Crippen LogP contribution in [0.25, 0.3) is 28.0 Å². The number of carboxylic acid groups (broad SMARTS) is 1. The highest BCUT2D eigenvalue weighted by atomic mass is 32.2. The fraction of sp³-hybridized carbons (Fsp3) is 0.242. The standard InChI is InChI=1S/C23H20N6O5S.C10H12F2N/c30-17-3-1-2-16(10-17)15-4-6-18(7-5-15)35(33,34)29-9-8-28(13-20(29)23(31)32)21-12-25-19-11-24-14-26-22(19)27-21;1-2-10(11,12)9-5-3-8(7-13)4-6-9/h1-7,10-12,14,20,30H,8-9,13H2,(H,31,32);3-6,13H,2,7H2,1H3/q;-1/t20-;/m1./s1. The maximum Gasteiger partial charge on any atom is 0.323 e. The molecule has 3 heterocycles. The van der Waals surface area contributed by atoms with Crippen LogP contribution >= 0.6 is 0 Å². The first kappa shape index (κ1) is 34.2. The zero-order valence-corrected chi connectivity index (χ0v) is 26.6. The number of carbonyl (C=O) groups is 1. The van der Waals surface area contributed by atoms with Crippen molar-refractivity contribution in [2.75, 3.05) is 24.5 Å². The molecular weight excluding hydrogens is 644 g/mol. The Bertz CT molecular complexity index is 2000. The molecule has 0 radical (unpaired) electrons. The number of carboxylic acids is 1. The molecule has 0 spiro atoms. The summed E-state index contributed by atoms with van der Waals surface area (Å²) < 4.78 is 53.9. The van der Waals surface area contributed by atoms with E-state index in [1.54, 1.807) is 53.4 Å². The molecule has 1 aliphatic rings. The molecule has 1 fully saturated rings. The molecule has 15 heteroatoms. The number of piperazine rings is 1. The number of hydrogen-bond donors (Lipinski definition) is 2. The summed E-state index contributed by atoms with van der Waals surface area (Å²) in [4.78, 5) is 30.4. The van der Waals surface area contributed by atoms with Crippen molar-refractivity contribution in [2.45, 2.75) is 36.7 Å². The van der Waals surface area contributed by atoms with E-state index in [-0.39, 0.29) is 48.8 Å². The first-order valence-corrected chi connectivity index (χ1v) is 16.3. The van der Waals surface area contributed by atoms with Crippen LogP contribution in [0.15, 0.2) is 96.4 Å². The van der Waals surface area contributed by atoms with E-state index in [0.29, 0.717) is 17.0 Å². The van der Waals surface area contributed by atoms with Gasteiger partial charge in [0.15, 0.2) is 5.65 Å². The second kappa shape index (κ2) is 14.3. The number of aromatic hydroxyl groups is 1. The van der Waals surface area contributed by atoms with Crippen molar-refractivity contribution < 1.29 is 32.2 Å². The number of hydrogen-bond acceptors (Lipinski definition) is 9. The summed E-state index contributed by atoms with van der Waals surface area (Å²) in [6.45, 7) is 1.68. The van der Waals surface area contributed by atoms with Gasteiger partial charge in [0.2, 0.25) is 10.0 Å². The Kier molecular flexibility index (Phi) is 10.2. The van der Waals surface area contributed by atoms with Crippen molar-refractivity contribution in [3.8, 4) is 16.9 Å². The minimum Gasteiger partial charge on any atom is -0.674 e. The lowest BCUT2D eigenvalue weighted by molar-refractivity contribution is -0.141. The molecule has 12 nitrogen and oxygen atoms in total. The van der Waals surface area contributed by atoms with Crippen molar-refractivity contribution in [3.63, 3.8) is 0 Å². The number of anilines is 1. The Morgan fingerprint density at radius 1 is 1.00 bits per heavy atom. The summed E-state index contributed by atoms with van der Waals surface area (Å²) in [7, 11) is -4.08. The van der Waals surface area contributed by atoms with Gasteiger partial charge in [-0.25, -0.2) is 37.1 Å². The van der Waals surface area contributed by atoms with E-state index in [1.165, 1.54) is 49.9 Å². The maximum absolute atomic E-state index is 13.4. The first-order chi connectivity index (χ1) is 22.9. The van der Waals surface area contributed by atoms with Crippen molar-refractivity contribution >= 4 is 33.0 Å². The predicted molar refractivity (Wildman–Crippen MR) is 175 cm³/mol. The van der Waals surface area contributed by atoms with Crippen LogP contribution in [0.1, 0.15) is 24.5 Å². The fourth-order valence-electron chi connectivity index (χ4n) is 5.08. The predicted octanol–water partition coefficient (Wildman–Crippen LogP) is 5.50. The lowest BCUT2D eigenvalue weighted by Gasteiger charge is -2.38. The molecule has 5 aromatic rings. The number of alkyl halides is 2. The van der Waals surface area contributed by atoms with E-state index < -0.39 is 28.0 Å². The normalized spacial score (nSPS) is 15.5. The fourth-order valence-corrected chi connectivity index (χ4v) is 6.65. The Labute approximate surface area is 275 Å². The highest BCUT2D eigenvalue weighted by molar-refractivity contribution is 7.89. The van der Waals surface area contributed by atoms with Gasteiger partial charge in [-0.3, -0.25) is 4.79 Å². The minimum atomic E-state index is -4.08. The molecule has 0 unspecified atom stereocenters. The minimum absolute atomic E-state index is 0.0108. The zero-order chi connectivity index (χ0) is 34.5. The van der Waals surface area contributed by atoms with Crippen LogP contribution in [0.4, 0.5) is 14.6 Å². The SMILES string of the molecule is CCC(F)(F)c1ccc(C[NH-])cc1.O=C(O)[C@H]1CN(c2cnc3cncnc3n2)CCN1S(=O)(=O)c1ccc(-c2cccc(O)c2)cc1. The van der Waals surface area contributed by atoms with Gasteiger partial charge in [0.25, 0.3) is 5.92 Å². The molecule has 0 saturated carbocycles. The number of sulfonamides is 1. The number of halogens is 2. The van der Waals surface area contributed by atoms with Gasteiger partial charge in [-0.2, -0.15) is 4.31 Å². The number of phenolic OH excluding ortho intramolecular Hbond substituents is 1. The van der Waals surface area contributed by atoms with Crippen molar-refractivity contribution in [1.29, 1.82) is 0 Å². The monoisotopic (exact) mass is 676 g/mol. The second-order valence-electron chi connectivity index (χ2n) is 10.9. The Morgan fingerprint density at radius 2 is 1.73 bits per heavy atom. The number of nitrogens with zero attached hydrogens (tertiary/aromatic N) is 6. The lowest BCUT2D eigenvalue weighted by atomic mass is 10.0. The molecule has 250 valence electrons. The quantitative estimate of drug-likeness (QED) is 0.214. The van der Waals surface area contributed by atoms with Crippen LogP contribution in [0.3, 0.4) is 0 Å². The maximum atomic E-state index is 13.4. The molecule has 2 aromatic heterocycles.